The number of benzene rings is 2. The van der Waals surface area contributed by atoms with Crippen molar-refractivity contribution >= 4 is 34.8 Å². The number of hydrogen-bond acceptors (Lipinski definition) is 5. The Balaban J connectivity index is 1.31. The molecule has 182 valence electrons. The summed E-state index contributed by atoms with van der Waals surface area (Å²) in [7, 11) is 0. The summed E-state index contributed by atoms with van der Waals surface area (Å²) in [5.41, 5.74) is 1.91. The summed E-state index contributed by atoms with van der Waals surface area (Å²) in [6.07, 6.45) is 6.92. The molecule has 7 heteroatoms. The smallest absolute Gasteiger partial charge is 0.174 e. The van der Waals surface area contributed by atoms with Gasteiger partial charge in [-0.3, -0.25) is 4.98 Å². The summed E-state index contributed by atoms with van der Waals surface area (Å²) in [5, 5.41) is 4.99. The molecule has 0 spiro atoms. The van der Waals surface area contributed by atoms with Crippen molar-refractivity contribution in [1.29, 1.82) is 0 Å². The van der Waals surface area contributed by atoms with Crippen LogP contribution in [0.4, 0.5) is 5.69 Å². The summed E-state index contributed by atoms with van der Waals surface area (Å²) in [5.74, 6) is 1.74. The van der Waals surface area contributed by atoms with E-state index < -0.39 is 0 Å². The van der Waals surface area contributed by atoms with Gasteiger partial charge in [0, 0.05) is 16.8 Å². The van der Waals surface area contributed by atoms with E-state index in [1.165, 1.54) is 12.8 Å². The SMILES string of the molecule is S=C1N[C@H](c2ccccn2)[C@@H](c2ccc(Sc3ccccc3)o2)N1c1ccc(OC2CCCC2)cc1. The summed E-state index contributed by atoms with van der Waals surface area (Å²) < 4.78 is 12.6. The molecule has 2 fully saturated rings. The fourth-order valence-corrected chi connectivity index (χ4v) is 6.10. The standard InChI is InChI=1S/C29H27N3O2S2/c35-29-31-27(24-12-6-7-19-30-24)28(25-17-18-26(34-25)36-23-10-2-1-3-11-23)32(29)20-13-15-22(16-14-20)33-21-8-4-5-9-21/h1-3,6-7,10-19,21,27-28H,4-5,8-9H2,(H,31,35)/t27-,28-/m1/s1. The molecular weight excluding hydrogens is 486 g/mol. The van der Waals surface area contributed by atoms with E-state index in [2.05, 4.69) is 39.5 Å². The highest BCUT2D eigenvalue weighted by molar-refractivity contribution is 7.99. The van der Waals surface area contributed by atoms with Crippen LogP contribution in [0.1, 0.15) is 49.2 Å². The Labute approximate surface area is 220 Å². The lowest BCUT2D eigenvalue weighted by Crippen LogP contribution is -2.29. The van der Waals surface area contributed by atoms with Gasteiger partial charge < -0.3 is 19.4 Å². The minimum atomic E-state index is -0.181. The van der Waals surface area contributed by atoms with E-state index in [0.29, 0.717) is 11.2 Å². The number of anilines is 1. The van der Waals surface area contributed by atoms with Crippen LogP contribution in [0.15, 0.2) is 106 Å². The summed E-state index contributed by atoms with van der Waals surface area (Å²) >= 11 is 7.45. The van der Waals surface area contributed by atoms with Crippen LogP contribution in [0.2, 0.25) is 0 Å². The highest BCUT2D eigenvalue weighted by Gasteiger charge is 2.42. The van der Waals surface area contributed by atoms with Gasteiger partial charge in [0.15, 0.2) is 10.2 Å². The molecule has 1 aliphatic heterocycles. The van der Waals surface area contributed by atoms with Crippen molar-refractivity contribution in [2.75, 3.05) is 4.90 Å². The van der Waals surface area contributed by atoms with Crippen molar-refractivity contribution in [2.45, 2.75) is 53.9 Å². The van der Waals surface area contributed by atoms with E-state index in [4.69, 9.17) is 21.4 Å². The van der Waals surface area contributed by atoms with Gasteiger partial charge in [-0.15, -0.1) is 0 Å². The van der Waals surface area contributed by atoms with Crippen molar-refractivity contribution in [3.8, 4) is 5.75 Å². The molecule has 36 heavy (non-hydrogen) atoms. The second-order valence-corrected chi connectivity index (χ2v) is 10.6. The summed E-state index contributed by atoms with van der Waals surface area (Å²) in [6.45, 7) is 0. The normalized spacial score (nSPS) is 20.0. The summed E-state index contributed by atoms with van der Waals surface area (Å²) in [4.78, 5) is 7.89. The molecule has 0 unspecified atom stereocenters. The first-order chi connectivity index (χ1) is 17.7. The third-order valence-electron chi connectivity index (χ3n) is 6.67. The second-order valence-electron chi connectivity index (χ2n) is 9.09. The third-order valence-corrected chi connectivity index (χ3v) is 7.92. The van der Waals surface area contributed by atoms with Gasteiger partial charge >= 0.3 is 0 Å². The lowest BCUT2D eigenvalue weighted by atomic mass is 10.0. The molecular formula is C29H27N3O2S2. The zero-order valence-corrected chi connectivity index (χ0v) is 21.4. The second kappa shape index (κ2) is 10.4. The van der Waals surface area contributed by atoms with Crippen molar-refractivity contribution < 1.29 is 9.15 Å². The topological polar surface area (TPSA) is 50.5 Å². The lowest BCUT2D eigenvalue weighted by molar-refractivity contribution is 0.210. The number of rotatable bonds is 7. The Morgan fingerprint density at radius 3 is 2.44 bits per heavy atom. The maximum absolute atomic E-state index is 6.40. The lowest BCUT2D eigenvalue weighted by Gasteiger charge is -2.26. The van der Waals surface area contributed by atoms with Gasteiger partial charge in [0.1, 0.15) is 17.6 Å². The molecule has 1 aliphatic carbocycles. The maximum Gasteiger partial charge on any atom is 0.174 e. The van der Waals surface area contributed by atoms with Crippen LogP contribution in [-0.2, 0) is 0 Å². The van der Waals surface area contributed by atoms with E-state index >= 15 is 0 Å². The van der Waals surface area contributed by atoms with Crippen LogP contribution in [0.5, 0.6) is 5.75 Å². The van der Waals surface area contributed by atoms with Gasteiger partial charge in [-0.2, -0.15) is 0 Å². The molecule has 5 nitrogen and oxygen atoms in total. The predicted molar refractivity (Wildman–Crippen MR) is 147 cm³/mol. The van der Waals surface area contributed by atoms with Crippen molar-refractivity contribution in [1.82, 2.24) is 10.3 Å². The molecule has 6 rings (SSSR count). The number of nitrogens with zero attached hydrogens (tertiary/aromatic N) is 2. The van der Waals surface area contributed by atoms with E-state index in [0.717, 1.165) is 45.7 Å². The molecule has 0 amide bonds. The van der Waals surface area contributed by atoms with Gasteiger partial charge in [0.2, 0.25) is 0 Å². The van der Waals surface area contributed by atoms with Gasteiger partial charge in [0.05, 0.1) is 17.8 Å². The van der Waals surface area contributed by atoms with Crippen LogP contribution in [0.25, 0.3) is 0 Å². The number of aromatic nitrogens is 1. The average molecular weight is 514 g/mol. The van der Waals surface area contributed by atoms with E-state index in [9.17, 15) is 0 Å². The minimum absolute atomic E-state index is 0.145. The molecule has 0 bridgehead atoms. The zero-order chi connectivity index (χ0) is 24.3. The largest absolute Gasteiger partial charge is 0.490 e. The van der Waals surface area contributed by atoms with Gasteiger partial charge in [0.25, 0.3) is 0 Å². The molecule has 2 atom stereocenters. The average Bonchev–Trinajstić information content (AvgIpc) is 3.66. The number of thiocarbonyl (C=S) groups is 1. The van der Waals surface area contributed by atoms with Gasteiger partial charge in [-0.1, -0.05) is 36.0 Å². The Kier molecular flexibility index (Phi) is 6.66. The van der Waals surface area contributed by atoms with E-state index in [1.54, 1.807) is 11.8 Å². The molecule has 3 heterocycles. The van der Waals surface area contributed by atoms with Crippen molar-refractivity contribution in [2.24, 2.45) is 0 Å². The van der Waals surface area contributed by atoms with Crippen molar-refractivity contribution in [3.63, 3.8) is 0 Å². The van der Waals surface area contributed by atoms with E-state index in [-0.39, 0.29) is 12.1 Å². The Hall–Kier alpha value is -3.29. The molecule has 0 radical (unpaired) electrons. The van der Waals surface area contributed by atoms with Gasteiger partial charge in [-0.05, 0) is 98.6 Å². The number of furan rings is 1. The maximum atomic E-state index is 6.40. The molecule has 2 aromatic carbocycles. The molecule has 2 aliphatic rings. The van der Waals surface area contributed by atoms with Crippen LogP contribution in [0, 0.1) is 0 Å². The number of pyridine rings is 1. The molecule has 1 N–H and O–H groups in total. The van der Waals surface area contributed by atoms with Crippen LogP contribution in [0.3, 0.4) is 0 Å². The number of nitrogens with one attached hydrogen (secondary N) is 1. The molecule has 4 aromatic rings. The Morgan fingerprint density at radius 1 is 0.917 bits per heavy atom. The fourth-order valence-electron chi connectivity index (χ4n) is 4.96. The first-order valence-electron chi connectivity index (χ1n) is 12.3. The van der Waals surface area contributed by atoms with E-state index in [1.807, 2.05) is 66.9 Å². The van der Waals surface area contributed by atoms with Crippen LogP contribution >= 0.6 is 24.0 Å². The Morgan fingerprint density at radius 2 is 1.69 bits per heavy atom. The Bertz CT molecular complexity index is 1310. The molecule has 1 saturated heterocycles. The fraction of sp³-hybridized carbons (Fsp3) is 0.241. The highest BCUT2D eigenvalue weighted by atomic mass is 32.2. The highest BCUT2D eigenvalue weighted by Crippen LogP contribution is 2.43. The van der Waals surface area contributed by atoms with Crippen LogP contribution in [-0.4, -0.2) is 16.2 Å². The zero-order valence-electron chi connectivity index (χ0n) is 19.7. The van der Waals surface area contributed by atoms with Gasteiger partial charge in [-0.25, -0.2) is 0 Å². The predicted octanol–water partition coefficient (Wildman–Crippen LogP) is 7.32. The quantitative estimate of drug-likeness (QED) is 0.260. The third kappa shape index (κ3) is 4.86. The summed E-state index contributed by atoms with van der Waals surface area (Å²) in [6, 6.07) is 28.2. The molecule has 2 aromatic heterocycles. The number of ether oxygens (including phenoxy) is 1. The molecule has 1 saturated carbocycles. The first-order valence-corrected chi connectivity index (χ1v) is 13.6. The van der Waals surface area contributed by atoms with Crippen molar-refractivity contribution in [3.05, 3.63) is 103 Å². The monoisotopic (exact) mass is 513 g/mol. The number of hydrogen-bond donors (Lipinski definition) is 1. The minimum Gasteiger partial charge on any atom is -0.490 e. The van der Waals surface area contributed by atoms with Crippen LogP contribution < -0.4 is 15.0 Å². The first kappa shape index (κ1) is 23.1.